The van der Waals surface area contributed by atoms with Gasteiger partial charge >= 0.3 is 6.18 Å². The van der Waals surface area contributed by atoms with E-state index >= 15 is 0 Å². The molecule has 0 aliphatic carbocycles. The lowest BCUT2D eigenvalue weighted by molar-refractivity contribution is -0.141. The molecular weight excluding hydrogens is 591 g/mol. The summed E-state index contributed by atoms with van der Waals surface area (Å²) in [5.41, 5.74) is 4.17. The van der Waals surface area contributed by atoms with Crippen LogP contribution in [0.15, 0.2) is 18.9 Å². The largest absolute Gasteiger partial charge is 0.434 e. The van der Waals surface area contributed by atoms with Crippen molar-refractivity contribution in [2.75, 3.05) is 56.5 Å². The fraction of sp³-hybridized carbons (Fsp3) is 0.556. The van der Waals surface area contributed by atoms with Crippen molar-refractivity contribution in [1.29, 1.82) is 0 Å². The van der Waals surface area contributed by atoms with Gasteiger partial charge in [-0.25, -0.2) is 19.9 Å². The third-order valence-electron chi connectivity index (χ3n) is 7.64. The van der Waals surface area contributed by atoms with E-state index in [2.05, 4.69) is 36.7 Å². The minimum Gasteiger partial charge on any atom is -0.395 e. The molecule has 2 saturated heterocycles. The number of piperidine rings is 1. The number of aryl methyl sites for hydroxylation is 1. The Kier molecular flexibility index (Phi) is 10.4. The average Bonchev–Trinajstić information content (AvgIpc) is 2.99. The molecule has 12 nitrogen and oxygen atoms in total. The number of nitrogens with one attached hydrogen (secondary N) is 1. The number of hydrogen-bond donors (Lipinski definition) is 3. The summed E-state index contributed by atoms with van der Waals surface area (Å²) in [7, 11) is 0. The number of nitrogen functional groups attached to an aromatic ring is 1. The maximum absolute atomic E-state index is 13.6. The first kappa shape index (κ1) is 32.4. The Morgan fingerprint density at radius 1 is 1.21 bits per heavy atom. The maximum Gasteiger partial charge on any atom is 0.434 e. The molecule has 0 unspecified atom stereocenters. The van der Waals surface area contributed by atoms with Crippen LogP contribution in [-0.2, 0) is 6.18 Å². The number of nitrogens with two attached hydrogens (primary N) is 1. The normalized spacial score (nSPS) is 18.5. The summed E-state index contributed by atoms with van der Waals surface area (Å²) >= 11 is 6.45. The highest BCUT2D eigenvalue weighted by molar-refractivity contribution is 6.32. The molecule has 1 atom stereocenters. The van der Waals surface area contributed by atoms with Crippen molar-refractivity contribution in [1.82, 2.24) is 35.1 Å². The van der Waals surface area contributed by atoms with Crippen LogP contribution in [0.1, 0.15) is 58.0 Å². The predicted octanol–water partition coefficient (Wildman–Crippen LogP) is 2.31. The fourth-order valence-electron chi connectivity index (χ4n) is 5.56. The van der Waals surface area contributed by atoms with Gasteiger partial charge in [-0.1, -0.05) is 17.7 Å². The van der Waals surface area contributed by atoms with Crippen molar-refractivity contribution in [3.05, 3.63) is 46.8 Å². The van der Waals surface area contributed by atoms with Gasteiger partial charge in [-0.2, -0.15) is 13.2 Å². The smallest absolute Gasteiger partial charge is 0.395 e. The molecule has 2 aliphatic heterocycles. The Morgan fingerprint density at radius 3 is 2.58 bits per heavy atom. The Hall–Kier alpha value is -3.56. The lowest BCUT2D eigenvalue weighted by Crippen LogP contribution is -2.59. The average molecular weight is 626 g/mol. The second-order valence-corrected chi connectivity index (χ2v) is 10.8. The summed E-state index contributed by atoms with van der Waals surface area (Å²) in [5, 5.41) is 11.5. The van der Waals surface area contributed by atoms with Gasteiger partial charge in [-0.3, -0.25) is 14.5 Å². The van der Waals surface area contributed by atoms with Crippen LogP contribution < -0.4 is 16.0 Å². The second-order valence-electron chi connectivity index (χ2n) is 10.5. The molecule has 4 heterocycles. The summed E-state index contributed by atoms with van der Waals surface area (Å²) in [6.45, 7) is 7.32. The number of alkyl halides is 3. The van der Waals surface area contributed by atoms with Gasteiger partial charge in [0.1, 0.15) is 5.82 Å². The summed E-state index contributed by atoms with van der Waals surface area (Å²) in [6.07, 6.45) is 0.761. The zero-order valence-electron chi connectivity index (χ0n) is 23.8. The second kappa shape index (κ2) is 13.8. The molecule has 0 bridgehead atoms. The third-order valence-corrected chi connectivity index (χ3v) is 7.89. The zero-order valence-corrected chi connectivity index (χ0v) is 24.5. The molecule has 2 aliphatic rings. The van der Waals surface area contributed by atoms with E-state index in [4.69, 9.17) is 22.4 Å². The number of piperazine rings is 1. The van der Waals surface area contributed by atoms with Crippen LogP contribution in [0.5, 0.6) is 0 Å². The van der Waals surface area contributed by atoms with Gasteiger partial charge in [0.15, 0.2) is 28.2 Å². The van der Waals surface area contributed by atoms with E-state index in [1.165, 1.54) is 11.8 Å². The molecule has 16 heteroatoms. The van der Waals surface area contributed by atoms with E-state index in [0.717, 1.165) is 19.0 Å². The maximum atomic E-state index is 13.6. The Bertz CT molecular complexity index is 1340. The fourth-order valence-corrected chi connectivity index (χ4v) is 5.81. The summed E-state index contributed by atoms with van der Waals surface area (Å²) in [5.74, 6) is -1.08. The first-order valence-electron chi connectivity index (χ1n) is 14.0. The van der Waals surface area contributed by atoms with Gasteiger partial charge < -0.3 is 26.0 Å². The quantitative estimate of drug-likeness (QED) is 0.354. The number of hydrogen-bond acceptors (Lipinski definition) is 10. The van der Waals surface area contributed by atoms with E-state index in [9.17, 15) is 22.8 Å². The monoisotopic (exact) mass is 625 g/mol. The van der Waals surface area contributed by atoms with E-state index in [0.29, 0.717) is 51.4 Å². The minimum atomic E-state index is -4.76. The standard InChI is InChI=1S/C27H35ClF3N9O3/c1-3-4-5-18-15-39(24-22(28)36-20(23(32)37-24)25(42)33-8-13-41)11-12-40(18)17-6-9-38(10-7-17)26(43)19-14-34-16(2)35-21(19)27(29,30)31/h3,14,17-18,41H,1,4-13,15H2,2H3,(H2,32,37)(H,33,42)/t18-/m0/s1. The van der Waals surface area contributed by atoms with Crippen molar-refractivity contribution >= 4 is 35.1 Å². The highest BCUT2D eigenvalue weighted by atomic mass is 35.5. The van der Waals surface area contributed by atoms with Crippen molar-refractivity contribution in [2.45, 2.75) is 50.9 Å². The van der Waals surface area contributed by atoms with Crippen LogP contribution in [0.25, 0.3) is 0 Å². The molecule has 43 heavy (non-hydrogen) atoms. The lowest BCUT2D eigenvalue weighted by Gasteiger charge is -2.48. The Balaban J connectivity index is 1.44. The van der Waals surface area contributed by atoms with Crippen LogP contribution in [0.3, 0.4) is 0 Å². The van der Waals surface area contributed by atoms with Crippen LogP contribution in [-0.4, -0.2) is 105 Å². The minimum absolute atomic E-state index is 0.0319. The van der Waals surface area contributed by atoms with Crippen molar-refractivity contribution in [3.8, 4) is 0 Å². The molecule has 234 valence electrons. The number of rotatable bonds is 9. The van der Waals surface area contributed by atoms with Gasteiger partial charge in [-0.15, -0.1) is 6.58 Å². The SMILES string of the molecule is C=CCC[C@H]1CN(c2nc(N)c(C(=O)NCCO)nc2Cl)CCN1C1CCN(C(=O)c2cnc(C)nc2C(F)(F)F)CC1. The number of halogens is 4. The first-order chi connectivity index (χ1) is 20.4. The van der Waals surface area contributed by atoms with Gasteiger partial charge in [0.05, 0.1) is 12.2 Å². The molecule has 0 spiro atoms. The number of likely N-dealkylation sites (tertiary alicyclic amines) is 1. The number of aliphatic hydroxyl groups excluding tert-OH is 1. The van der Waals surface area contributed by atoms with Gasteiger partial charge in [0.2, 0.25) is 0 Å². The summed E-state index contributed by atoms with van der Waals surface area (Å²) < 4.78 is 40.7. The highest BCUT2D eigenvalue weighted by Gasteiger charge is 2.40. The first-order valence-corrected chi connectivity index (χ1v) is 14.4. The molecule has 2 aromatic rings. The number of allylic oxidation sites excluding steroid dienone is 1. The molecular formula is C27H35ClF3N9O3. The van der Waals surface area contributed by atoms with Gasteiger partial charge in [0.25, 0.3) is 11.8 Å². The number of carbonyl (C=O) groups excluding carboxylic acids is 2. The topological polar surface area (TPSA) is 154 Å². The molecule has 2 amide bonds. The number of amides is 2. The van der Waals surface area contributed by atoms with Crippen molar-refractivity contribution in [3.63, 3.8) is 0 Å². The van der Waals surface area contributed by atoms with E-state index < -0.39 is 29.2 Å². The zero-order chi connectivity index (χ0) is 31.3. The van der Waals surface area contributed by atoms with E-state index in [1.807, 2.05) is 11.0 Å². The summed E-state index contributed by atoms with van der Waals surface area (Å²) in [4.78, 5) is 47.0. The molecule has 2 fully saturated rings. The van der Waals surface area contributed by atoms with E-state index in [1.54, 1.807) is 0 Å². The molecule has 0 aromatic carbocycles. The molecule has 4 N–H and O–H groups in total. The highest BCUT2D eigenvalue weighted by Crippen LogP contribution is 2.33. The van der Waals surface area contributed by atoms with Crippen LogP contribution in [0.4, 0.5) is 24.8 Å². The van der Waals surface area contributed by atoms with Crippen molar-refractivity contribution < 1.29 is 27.9 Å². The Morgan fingerprint density at radius 2 is 1.93 bits per heavy atom. The third kappa shape index (κ3) is 7.51. The van der Waals surface area contributed by atoms with Crippen LogP contribution >= 0.6 is 11.6 Å². The number of anilines is 2. The summed E-state index contributed by atoms with van der Waals surface area (Å²) in [6, 6.07) is 0.176. The van der Waals surface area contributed by atoms with Crippen LogP contribution in [0, 0.1) is 6.92 Å². The molecule has 4 rings (SSSR count). The van der Waals surface area contributed by atoms with Crippen molar-refractivity contribution in [2.24, 2.45) is 0 Å². The Labute approximate surface area is 252 Å². The lowest BCUT2D eigenvalue weighted by atomic mass is 9.96. The number of nitrogens with zero attached hydrogens (tertiary/aromatic N) is 7. The molecule has 0 radical (unpaired) electrons. The van der Waals surface area contributed by atoms with E-state index in [-0.39, 0.29) is 47.7 Å². The number of aliphatic hydroxyl groups is 1. The number of aromatic nitrogens is 4. The predicted molar refractivity (Wildman–Crippen MR) is 154 cm³/mol. The van der Waals surface area contributed by atoms with Gasteiger partial charge in [0, 0.05) is 57.5 Å². The van der Waals surface area contributed by atoms with Crippen LogP contribution in [0.2, 0.25) is 5.15 Å². The molecule has 2 aromatic heterocycles. The molecule has 0 saturated carbocycles. The number of carbonyl (C=O) groups is 2. The van der Waals surface area contributed by atoms with Gasteiger partial charge in [-0.05, 0) is 32.6 Å².